The zero-order chi connectivity index (χ0) is 26.3. The van der Waals surface area contributed by atoms with Crippen molar-refractivity contribution in [1.29, 1.82) is 5.41 Å². The molecule has 2 amide bonds. The Hall–Kier alpha value is -4.21. The van der Waals surface area contributed by atoms with Gasteiger partial charge in [-0.3, -0.25) is 19.7 Å². The van der Waals surface area contributed by atoms with Crippen molar-refractivity contribution in [1.82, 2.24) is 19.7 Å². The van der Waals surface area contributed by atoms with E-state index in [9.17, 15) is 9.59 Å². The number of nitrogens with zero attached hydrogens (tertiary/aromatic N) is 5. The molecule has 3 aromatic rings. The van der Waals surface area contributed by atoms with Gasteiger partial charge in [-0.2, -0.15) is 5.10 Å². The van der Waals surface area contributed by atoms with Crippen LogP contribution >= 0.6 is 0 Å². The summed E-state index contributed by atoms with van der Waals surface area (Å²) in [5.74, 6) is 0.264. The van der Waals surface area contributed by atoms with Crippen LogP contribution in [0.15, 0.2) is 47.7 Å². The number of nitrogens with two attached hydrogens (primary N) is 1. The number of hydrogen-bond donors (Lipinski definition) is 3. The zero-order valence-corrected chi connectivity index (χ0v) is 21.4. The predicted octanol–water partition coefficient (Wildman–Crippen LogP) is 3.15. The Bertz CT molecular complexity index is 1390. The fraction of sp³-hybridized carbons (Fsp3) is 0.370. The number of benzene rings is 1. The minimum atomic E-state index is -0.911. The van der Waals surface area contributed by atoms with Crippen LogP contribution < -0.4 is 10.6 Å². The number of nitrogens with one attached hydrogen (secondary N) is 2. The number of rotatable bonds is 6. The molecule has 0 bridgehead atoms. The molecule has 1 aliphatic carbocycles. The molecule has 37 heavy (non-hydrogen) atoms. The second-order valence-electron chi connectivity index (χ2n) is 10.2. The highest BCUT2D eigenvalue weighted by atomic mass is 16.2. The van der Waals surface area contributed by atoms with Crippen molar-refractivity contribution in [3.05, 3.63) is 48.4 Å². The van der Waals surface area contributed by atoms with E-state index in [0.717, 1.165) is 53.7 Å². The number of aromatic nitrogens is 3. The number of aryl methyl sites for hydroxylation is 1. The monoisotopic (exact) mass is 500 g/mol. The van der Waals surface area contributed by atoms with E-state index in [0.29, 0.717) is 18.8 Å². The Kier molecular flexibility index (Phi) is 6.18. The van der Waals surface area contributed by atoms with E-state index in [1.165, 1.54) is 0 Å². The molecule has 2 aromatic heterocycles. The fourth-order valence-electron chi connectivity index (χ4n) is 5.11. The van der Waals surface area contributed by atoms with Gasteiger partial charge in [-0.15, -0.1) is 0 Å². The number of carbonyl (C=O) groups is 2. The molecule has 192 valence electrons. The molecular formula is C27H32N8O2. The Morgan fingerprint density at radius 3 is 2.68 bits per heavy atom. The van der Waals surface area contributed by atoms with Crippen LogP contribution in [0.1, 0.15) is 38.8 Å². The quantitative estimate of drug-likeness (QED) is 0.354. The standard InChI is InChI=1S/C27H32N8O2/c1-27(2)26(37)34(10-11-35(27)25(36)17-6-4-7-17)20-9-5-8-18(12-20)22-13-21(19-14-31-33(3)15-19)23(32-22)24(29)30-16-28/h5,8-9,12-17,32H,4,6-7,10-11H2,1-3H3,(H3,28,29,30). The molecular weight excluding hydrogens is 468 g/mol. The van der Waals surface area contributed by atoms with Crippen molar-refractivity contribution in [2.75, 3.05) is 18.0 Å². The summed E-state index contributed by atoms with van der Waals surface area (Å²) in [7, 11) is 1.84. The van der Waals surface area contributed by atoms with E-state index < -0.39 is 5.54 Å². The number of aromatic amines is 1. The van der Waals surface area contributed by atoms with Gasteiger partial charge in [0.1, 0.15) is 17.7 Å². The second kappa shape index (κ2) is 9.34. The van der Waals surface area contributed by atoms with Crippen molar-refractivity contribution in [3.63, 3.8) is 0 Å². The van der Waals surface area contributed by atoms with E-state index in [1.807, 2.05) is 57.4 Å². The van der Waals surface area contributed by atoms with E-state index in [1.54, 1.807) is 20.7 Å². The normalized spacial score (nSPS) is 18.1. The summed E-state index contributed by atoms with van der Waals surface area (Å²) in [6.07, 6.45) is 7.45. The highest BCUT2D eigenvalue weighted by Gasteiger charge is 2.46. The molecule has 0 radical (unpaired) electrons. The number of H-pyrrole nitrogens is 1. The summed E-state index contributed by atoms with van der Waals surface area (Å²) in [6, 6.07) is 9.72. The van der Waals surface area contributed by atoms with Crippen molar-refractivity contribution in [3.8, 4) is 22.4 Å². The largest absolute Gasteiger partial charge is 0.382 e. The molecule has 1 saturated carbocycles. The van der Waals surface area contributed by atoms with Crippen LogP contribution in [0.25, 0.3) is 22.4 Å². The minimum Gasteiger partial charge on any atom is -0.382 e. The van der Waals surface area contributed by atoms with Crippen molar-refractivity contribution in [2.24, 2.45) is 23.7 Å². The zero-order valence-electron chi connectivity index (χ0n) is 21.4. The topological polar surface area (TPSA) is 136 Å². The van der Waals surface area contributed by atoms with E-state index in [4.69, 9.17) is 11.1 Å². The van der Waals surface area contributed by atoms with Gasteiger partial charge in [0.15, 0.2) is 0 Å². The van der Waals surface area contributed by atoms with Gasteiger partial charge in [0, 0.05) is 60.3 Å². The first kappa shape index (κ1) is 24.5. The molecule has 4 N–H and O–H groups in total. The average Bonchev–Trinajstić information content (AvgIpc) is 3.46. The number of amidine groups is 1. The predicted molar refractivity (Wildman–Crippen MR) is 143 cm³/mol. The summed E-state index contributed by atoms with van der Waals surface area (Å²) < 4.78 is 1.71. The van der Waals surface area contributed by atoms with Gasteiger partial charge in [0.05, 0.1) is 11.9 Å². The number of hydrogen-bond acceptors (Lipinski definition) is 4. The number of carbonyl (C=O) groups excluding carboxylic acids is 2. The molecule has 1 aliphatic heterocycles. The van der Waals surface area contributed by atoms with Crippen LogP contribution in [0.2, 0.25) is 0 Å². The first-order chi connectivity index (χ1) is 17.7. The molecule has 2 fully saturated rings. The van der Waals surface area contributed by atoms with Gasteiger partial charge in [0.2, 0.25) is 5.91 Å². The minimum absolute atomic E-state index is 0.0571. The molecule has 1 aromatic carbocycles. The Labute approximate surface area is 215 Å². The van der Waals surface area contributed by atoms with Crippen molar-refractivity contribution >= 4 is 29.7 Å². The number of amides is 2. The Morgan fingerprint density at radius 1 is 1.24 bits per heavy atom. The SMILES string of the molecule is Cn1cc(-c2cc(-c3cccc(N4CCN(C(=O)C5CCC5)C(C)(C)C4=O)c3)[nH]c2/C(N)=N\C=N)cn1. The third-order valence-corrected chi connectivity index (χ3v) is 7.47. The van der Waals surface area contributed by atoms with Crippen LogP contribution in [-0.2, 0) is 16.6 Å². The van der Waals surface area contributed by atoms with Crippen LogP contribution in [0, 0.1) is 11.3 Å². The lowest BCUT2D eigenvalue weighted by Gasteiger charge is -2.47. The third-order valence-electron chi connectivity index (χ3n) is 7.47. The van der Waals surface area contributed by atoms with Gasteiger partial charge >= 0.3 is 0 Å². The van der Waals surface area contributed by atoms with Crippen LogP contribution in [0.5, 0.6) is 0 Å². The average molecular weight is 501 g/mol. The maximum Gasteiger partial charge on any atom is 0.252 e. The van der Waals surface area contributed by atoms with Crippen LogP contribution in [0.4, 0.5) is 5.69 Å². The highest BCUT2D eigenvalue weighted by Crippen LogP contribution is 2.35. The molecule has 10 heteroatoms. The second-order valence-corrected chi connectivity index (χ2v) is 10.2. The molecule has 0 spiro atoms. The molecule has 1 saturated heterocycles. The first-order valence-corrected chi connectivity index (χ1v) is 12.5. The summed E-state index contributed by atoms with van der Waals surface area (Å²) in [4.78, 5) is 37.4. The lowest BCUT2D eigenvalue weighted by atomic mass is 9.82. The highest BCUT2D eigenvalue weighted by molar-refractivity contribution is 6.06. The van der Waals surface area contributed by atoms with Crippen molar-refractivity contribution < 1.29 is 9.59 Å². The number of piperazine rings is 1. The van der Waals surface area contributed by atoms with Crippen molar-refractivity contribution in [2.45, 2.75) is 38.6 Å². The lowest BCUT2D eigenvalue weighted by molar-refractivity contribution is -0.152. The molecule has 2 aliphatic rings. The smallest absolute Gasteiger partial charge is 0.252 e. The summed E-state index contributed by atoms with van der Waals surface area (Å²) in [5, 5.41) is 11.6. The maximum atomic E-state index is 13.6. The van der Waals surface area contributed by atoms with E-state index in [2.05, 4.69) is 15.1 Å². The molecule has 3 heterocycles. The molecule has 10 nitrogen and oxygen atoms in total. The van der Waals surface area contributed by atoms with Crippen LogP contribution in [-0.4, -0.2) is 62.3 Å². The van der Waals surface area contributed by atoms with Gasteiger partial charge in [-0.05, 0) is 44.9 Å². The Morgan fingerprint density at radius 2 is 2.03 bits per heavy atom. The maximum absolute atomic E-state index is 13.6. The summed E-state index contributed by atoms with van der Waals surface area (Å²) >= 11 is 0. The first-order valence-electron chi connectivity index (χ1n) is 12.5. The molecule has 0 atom stereocenters. The number of anilines is 1. The third kappa shape index (κ3) is 4.32. The van der Waals surface area contributed by atoms with Gasteiger partial charge in [-0.1, -0.05) is 18.6 Å². The molecule has 0 unspecified atom stereocenters. The summed E-state index contributed by atoms with van der Waals surface area (Å²) in [5.41, 5.74) is 9.97. The van der Waals surface area contributed by atoms with Gasteiger partial charge in [-0.25, -0.2) is 4.99 Å². The van der Waals surface area contributed by atoms with E-state index in [-0.39, 0.29) is 23.6 Å². The summed E-state index contributed by atoms with van der Waals surface area (Å²) in [6.45, 7) is 4.63. The Balaban J connectivity index is 1.47. The number of aliphatic imine (C=N–C) groups is 1. The van der Waals surface area contributed by atoms with Gasteiger partial charge < -0.3 is 20.5 Å². The van der Waals surface area contributed by atoms with Crippen LogP contribution in [0.3, 0.4) is 0 Å². The van der Waals surface area contributed by atoms with E-state index >= 15 is 0 Å². The molecule has 5 rings (SSSR count). The fourth-order valence-corrected chi connectivity index (χ4v) is 5.11. The lowest BCUT2D eigenvalue weighted by Crippen LogP contribution is -2.66. The van der Waals surface area contributed by atoms with Gasteiger partial charge in [0.25, 0.3) is 5.91 Å².